The summed E-state index contributed by atoms with van der Waals surface area (Å²) in [5.41, 5.74) is 2.05. The van der Waals surface area contributed by atoms with E-state index < -0.39 is 0 Å². The molecule has 0 aliphatic carbocycles. The van der Waals surface area contributed by atoms with Gasteiger partial charge in [-0.1, -0.05) is 0 Å². The Bertz CT molecular complexity index is 720. The Morgan fingerprint density at radius 3 is 3.00 bits per heavy atom. The fourth-order valence-corrected chi connectivity index (χ4v) is 2.69. The number of hydrogen-bond donors (Lipinski definition) is 1. The van der Waals surface area contributed by atoms with Crippen molar-refractivity contribution in [1.82, 2.24) is 14.8 Å². The zero-order chi connectivity index (χ0) is 17.1. The van der Waals surface area contributed by atoms with Crippen LogP contribution in [0, 0.1) is 6.92 Å². The number of hydrogen-bond acceptors (Lipinski definition) is 5. The van der Waals surface area contributed by atoms with Gasteiger partial charge in [-0.15, -0.1) is 0 Å². The van der Waals surface area contributed by atoms with E-state index in [2.05, 4.69) is 15.4 Å². The Kier molecular flexibility index (Phi) is 4.80. The molecule has 7 heteroatoms. The van der Waals surface area contributed by atoms with Gasteiger partial charge in [-0.2, -0.15) is 5.10 Å². The highest BCUT2D eigenvalue weighted by molar-refractivity contribution is 6.04. The predicted molar refractivity (Wildman–Crippen MR) is 89.4 cm³/mol. The summed E-state index contributed by atoms with van der Waals surface area (Å²) >= 11 is 0. The lowest BCUT2D eigenvalue weighted by atomic mass is 10.2. The van der Waals surface area contributed by atoms with Gasteiger partial charge in [-0.25, -0.2) is 4.98 Å². The van der Waals surface area contributed by atoms with E-state index in [-0.39, 0.29) is 18.1 Å². The molecule has 0 spiro atoms. The van der Waals surface area contributed by atoms with Gasteiger partial charge < -0.3 is 14.8 Å². The summed E-state index contributed by atoms with van der Waals surface area (Å²) in [6.45, 7) is 7.23. The number of pyridine rings is 1. The number of nitrogens with zero attached hydrogens (tertiary/aromatic N) is 3. The van der Waals surface area contributed by atoms with E-state index in [1.54, 1.807) is 24.5 Å². The molecular weight excluding hydrogens is 308 g/mol. The van der Waals surface area contributed by atoms with E-state index >= 15 is 0 Å². The molecular formula is C17H22N4O3. The number of rotatable bonds is 5. The average Bonchev–Trinajstić information content (AvgIpc) is 3.17. The monoisotopic (exact) mass is 330 g/mol. The maximum Gasteiger partial charge on any atom is 0.259 e. The minimum absolute atomic E-state index is 0.0231. The van der Waals surface area contributed by atoms with E-state index in [0.717, 1.165) is 12.1 Å². The maximum atomic E-state index is 12.5. The summed E-state index contributed by atoms with van der Waals surface area (Å²) in [5.74, 6) is 0.290. The molecule has 1 N–H and O–H groups in total. The van der Waals surface area contributed by atoms with E-state index in [1.807, 2.05) is 25.5 Å². The van der Waals surface area contributed by atoms with Gasteiger partial charge in [0, 0.05) is 36.1 Å². The largest absolute Gasteiger partial charge is 0.472 e. The van der Waals surface area contributed by atoms with E-state index in [1.165, 1.54) is 0 Å². The molecule has 2 aromatic rings. The summed E-state index contributed by atoms with van der Waals surface area (Å²) in [7, 11) is 0. The van der Waals surface area contributed by atoms with Gasteiger partial charge in [0.25, 0.3) is 5.91 Å². The molecule has 3 rings (SSSR count). The standard InChI is InChI=1S/C17H22N4O3/c1-11(2)21-12(3)15(9-19-21)17(22)20-13-4-6-18-16(8-13)24-14-5-7-23-10-14/h4,6,8-9,11,14H,5,7,10H2,1-3H3,(H,18,20,22). The van der Waals surface area contributed by atoms with Crippen molar-refractivity contribution in [3.63, 3.8) is 0 Å². The zero-order valence-corrected chi connectivity index (χ0v) is 14.2. The van der Waals surface area contributed by atoms with Gasteiger partial charge >= 0.3 is 0 Å². The smallest absolute Gasteiger partial charge is 0.259 e. The average molecular weight is 330 g/mol. The number of amides is 1. The van der Waals surface area contributed by atoms with Crippen LogP contribution in [0.2, 0.25) is 0 Å². The molecule has 2 aromatic heterocycles. The Balaban J connectivity index is 1.70. The molecule has 1 amide bonds. The minimum atomic E-state index is -0.194. The van der Waals surface area contributed by atoms with Crippen molar-refractivity contribution < 1.29 is 14.3 Å². The number of anilines is 1. The molecule has 1 atom stereocenters. The van der Waals surface area contributed by atoms with Crippen LogP contribution in [-0.2, 0) is 4.74 Å². The zero-order valence-electron chi connectivity index (χ0n) is 14.2. The quantitative estimate of drug-likeness (QED) is 0.911. The first-order valence-electron chi connectivity index (χ1n) is 8.10. The highest BCUT2D eigenvalue weighted by atomic mass is 16.5. The second-order valence-corrected chi connectivity index (χ2v) is 6.12. The summed E-state index contributed by atoms with van der Waals surface area (Å²) < 4.78 is 12.9. The SMILES string of the molecule is Cc1c(C(=O)Nc2ccnc(OC3CCOC3)c2)cnn1C(C)C. The Morgan fingerprint density at radius 1 is 1.50 bits per heavy atom. The lowest BCUT2D eigenvalue weighted by Gasteiger charge is -2.12. The van der Waals surface area contributed by atoms with Gasteiger partial charge in [0.15, 0.2) is 0 Å². The molecule has 24 heavy (non-hydrogen) atoms. The molecule has 0 saturated carbocycles. The van der Waals surface area contributed by atoms with Crippen LogP contribution in [-0.4, -0.2) is 40.0 Å². The van der Waals surface area contributed by atoms with Crippen LogP contribution in [0.25, 0.3) is 0 Å². The van der Waals surface area contributed by atoms with Crippen LogP contribution in [0.5, 0.6) is 5.88 Å². The number of nitrogens with one attached hydrogen (secondary N) is 1. The van der Waals surface area contributed by atoms with Gasteiger partial charge in [-0.05, 0) is 26.8 Å². The summed E-state index contributed by atoms with van der Waals surface area (Å²) in [5, 5.41) is 7.14. The highest BCUT2D eigenvalue weighted by Gasteiger charge is 2.19. The van der Waals surface area contributed by atoms with Crippen LogP contribution >= 0.6 is 0 Å². The van der Waals surface area contributed by atoms with Crippen molar-refractivity contribution in [3.05, 3.63) is 35.8 Å². The maximum absolute atomic E-state index is 12.5. The third-order valence-corrected chi connectivity index (χ3v) is 3.95. The van der Waals surface area contributed by atoms with Crippen molar-refractivity contribution in [2.24, 2.45) is 0 Å². The van der Waals surface area contributed by atoms with Crippen LogP contribution in [0.4, 0.5) is 5.69 Å². The first-order valence-corrected chi connectivity index (χ1v) is 8.10. The van der Waals surface area contributed by atoms with Crippen LogP contribution in [0.1, 0.15) is 42.4 Å². The van der Waals surface area contributed by atoms with Crippen molar-refractivity contribution in [1.29, 1.82) is 0 Å². The summed E-state index contributed by atoms with van der Waals surface area (Å²) in [6.07, 6.45) is 4.09. The number of aromatic nitrogens is 3. The lowest BCUT2D eigenvalue weighted by molar-refractivity contribution is 0.102. The van der Waals surface area contributed by atoms with Gasteiger partial charge in [-0.3, -0.25) is 9.48 Å². The number of carbonyl (C=O) groups excluding carboxylic acids is 1. The third-order valence-electron chi connectivity index (χ3n) is 3.95. The van der Waals surface area contributed by atoms with Crippen LogP contribution < -0.4 is 10.1 Å². The first kappa shape index (κ1) is 16.4. The van der Waals surface area contributed by atoms with Crippen molar-refractivity contribution in [2.75, 3.05) is 18.5 Å². The Labute approximate surface area is 141 Å². The lowest BCUT2D eigenvalue weighted by Crippen LogP contribution is -2.17. The molecule has 7 nitrogen and oxygen atoms in total. The third kappa shape index (κ3) is 3.56. The molecule has 1 aliphatic heterocycles. The van der Waals surface area contributed by atoms with Gasteiger partial charge in [0.2, 0.25) is 5.88 Å². The first-order chi connectivity index (χ1) is 11.5. The highest BCUT2D eigenvalue weighted by Crippen LogP contribution is 2.20. The molecule has 0 bridgehead atoms. The topological polar surface area (TPSA) is 78.3 Å². The van der Waals surface area contributed by atoms with E-state index in [9.17, 15) is 4.79 Å². The predicted octanol–water partition coefficient (Wildman–Crippen LogP) is 2.59. The molecule has 1 saturated heterocycles. The van der Waals surface area contributed by atoms with Gasteiger partial charge in [0.05, 0.1) is 25.0 Å². The van der Waals surface area contributed by atoms with E-state index in [0.29, 0.717) is 30.3 Å². The normalized spacial score (nSPS) is 17.2. The second-order valence-electron chi connectivity index (χ2n) is 6.12. The number of ether oxygens (including phenoxy) is 2. The fraction of sp³-hybridized carbons (Fsp3) is 0.471. The van der Waals surface area contributed by atoms with Crippen molar-refractivity contribution in [3.8, 4) is 5.88 Å². The Morgan fingerprint density at radius 2 is 2.33 bits per heavy atom. The fourth-order valence-electron chi connectivity index (χ4n) is 2.69. The van der Waals surface area contributed by atoms with Crippen LogP contribution in [0.15, 0.2) is 24.5 Å². The molecule has 3 heterocycles. The Hall–Kier alpha value is -2.41. The van der Waals surface area contributed by atoms with Crippen molar-refractivity contribution in [2.45, 2.75) is 39.3 Å². The minimum Gasteiger partial charge on any atom is -0.472 e. The van der Waals surface area contributed by atoms with Crippen molar-refractivity contribution >= 4 is 11.6 Å². The molecule has 128 valence electrons. The molecule has 0 radical (unpaired) electrons. The molecule has 0 aromatic carbocycles. The van der Waals surface area contributed by atoms with Crippen LogP contribution in [0.3, 0.4) is 0 Å². The second kappa shape index (κ2) is 7.00. The van der Waals surface area contributed by atoms with E-state index in [4.69, 9.17) is 9.47 Å². The molecule has 1 aliphatic rings. The van der Waals surface area contributed by atoms with Gasteiger partial charge in [0.1, 0.15) is 6.10 Å². The molecule has 1 unspecified atom stereocenters. The summed E-state index contributed by atoms with van der Waals surface area (Å²) in [6, 6.07) is 3.66. The summed E-state index contributed by atoms with van der Waals surface area (Å²) in [4.78, 5) is 16.7. The molecule has 1 fully saturated rings. The number of carbonyl (C=O) groups is 1.